The molecule has 3 rings (SSSR count). The Bertz CT molecular complexity index is 502. The molecule has 1 aliphatic heterocycles. The van der Waals surface area contributed by atoms with Gasteiger partial charge in [-0.1, -0.05) is 16.9 Å². The fourth-order valence-electron chi connectivity index (χ4n) is 1.78. The minimum atomic E-state index is 0.140. The average Bonchev–Trinajstić information content (AvgIpc) is 3.01. The smallest absolute Gasteiger partial charge is 0.345 e. The zero-order valence-electron chi connectivity index (χ0n) is 9.07. The van der Waals surface area contributed by atoms with Crippen molar-refractivity contribution < 1.29 is 9.21 Å². The number of fused-ring (bicyclic) bond motifs is 1. The topological polar surface area (TPSA) is 76.5 Å². The molecular weight excluding hydrogens is 242 g/mol. The van der Waals surface area contributed by atoms with E-state index in [1.54, 1.807) is 0 Å². The minimum absolute atomic E-state index is 0.140. The van der Waals surface area contributed by atoms with Crippen molar-refractivity contribution in [2.45, 2.75) is 18.1 Å². The average molecular weight is 253 g/mol. The first-order chi connectivity index (χ1) is 8.33. The number of thioether (sulfide) groups is 1. The molecule has 0 aliphatic carbocycles. The van der Waals surface area contributed by atoms with E-state index in [4.69, 9.17) is 4.42 Å². The summed E-state index contributed by atoms with van der Waals surface area (Å²) in [7, 11) is 0. The summed E-state index contributed by atoms with van der Waals surface area (Å²) in [5.41, 5.74) is 0. The van der Waals surface area contributed by atoms with Crippen molar-refractivity contribution in [1.82, 2.24) is 24.7 Å². The number of likely N-dealkylation sites (tertiary alicyclic amines) is 1. The van der Waals surface area contributed by atoms with Gasteiger partial charge in [0.25, 0.3) is 5.22 Å². The van der Waals surface area contributed by atoms with Gasteiger partial charge >= 0.3 is 5.84 Å². The quantitative estimate of drug-likeness (QED) is 0.738. The van der Waals surface area contributed by atoms with E-state index in [0.29, 0.717) is 16.8 Å². The Morgan fingerprint density at radius 2 is 2.29 bits per heavy atom. The van der Waals surface area contributed by atoms with E-state index < -0.39 is 0 Å². The monoisotopic (exact) mass is 253 g/mol. The van der Waals surface area contributed by atoms with Gasteiger partial charge in [0, 0.05) is 13.1 Å². The molecule has 2 aromatic heterocycles. The number of rotatable bonds is 3. The molecule has 1 aliphatic rings. The van der Waals surface area contributed by atoms with Crippen molar-refractivity contribution >= 4 is 23.5 Å². The van der Waals surface area contributed by atoms with Gasteiger partial charge in [0.2, 0.25) is 5.91 Å². The highest BCUT2D eigenvalue weighted by atomic mass is 32.2. The van der Waals surface area contributed by atoms with Crippen LogP contribution in [-0.4, -0.2) is 49.5 Å². The van der Waals surface area contributed by atoms with E-state index in [9.17, 15) is 4.79 Å². The van der Waals surface area contributed by atoms with E-state index in [0.717, 1.165) is 25.9 Å². The van der Waals surface area contributed by atoms with Crippen LogP contribution in [0.25, 0.3) is 5.84 Å². The normalized spacial score (nSPS) is 15.9. The zero-order chi connectivity index (χ0) is 11.7. The summed E-state index contributed by atoms with van der Waals surface area (Å²) in [6, 6.07) is 0. The zero-order valence-corrected chi connectivity index (χ0v) is 9.89. The van der Waals surface area contributed by atoms with Crippen LogP contribution in [0.1, 0.15) is 12.8 Å². The van der Waals surface area contributed by atoms with E-state index >= 15 is 0 Å². The number of carbonyl (C=O) groups excluding carboxylic acids is 1. The van der Waals surface area contributed by atoms with Gasteiger partial charge in [0.15, 0.2) is 0 Å². The lowest BCUT2D eigenvalue weighted by atomic mass is 10.4. The first kappa shape index (κ1) is 10.6. The summed E-state index contributed by atoms with van der Waals surface area (Å²) < 4.78 is 6.74. The summed E-state index contributed by atoms with van der Waals surface area (Å²) in [4.78, 5) is 13.7. The van der Waals surface area contributed by atoms with E-state index in [1.165, 1.54) is 22.6 Å². The summed E-state index contributed by atoms with van der Waals surface area (Å²) in [6.07, 6.45) is 3.68. The lowest BCUT2D eigenvalue weighted by Gasteiger charge is -2.13. The standard InChI is InChI=1S/C9H11N5O2S/c15-7(13-3-1-2-4-13)5-17-9-12-14-6-10-11-8(14)16-9/h6H,1-5H2. The molecule has 90 valence electrons. The fraction of sp³-hybridized carbons (Fsp3) is 0.556. The Hall–Kier alpha value is -1.57. The summed E-state index contributed by atoms with van der Waals surface area (Å²) in [6.45, 7) is 1.75. The number of nitrogens with zero attached hydrogens (tertiary/aromatic N) is 5. The number of carbonyl (C=O) groups is 1. The molecule has 0 atom stereocenters. The van der Waals surface area contributed by atoms with Gasteiger partial charge in [-0.2, -0.15) is 4.52 Å². The molecule has 0 spiro atoms. The van der Waals surface area contributed by atoms with Crippen molar-refractivity contribution in [2.75, 3.05) is 18.8 Å². The Morgan fingerprint density at radius 1 is 1.47 bits per heavy atom. The molecule has 3 heterocycles. The third-order valence-electron chi connectivity index (χ3n) is 2.65. The van der Waals surface area contributed by atoms with E-state index in [-0.39, 0.29) is 5.91 Å². The molecule has 0 saturated carbocycles. The largest absolute Gasteiger partial charge is 0.396 e. The maximum absolute atomic E-state index is 11.8. The Balaban J connectivity index is 1.60. The SMILES string of the molecule is O=C(CSc1nn2cnnc2o1)N1CCCC1. The molecule has 1 fully saturated rings. The third kappa shape index (κ3) is 2.12. The van der Waals surface area contributed by atoms with Crippen LogP contribution in [0, 0.1) is 0 Å². The molecule has 1 saturated heterocycles. The highest BCUT2D eigenvalue weighted by Crippen LogP contribution is 2.18. The van der Waals surface area contributed by atoms with E-state index in [2.05, 4.69) is 15.3 Å². The third-order valence-corrected chi connectivity index (χ3v) is 3.45. The molecule has 0 radical (unpaired) electrons. The maximum Gasteiger partial charge on any atom is 0.345 e. The molecule has 1 amide bonds. The van der Waals surface area contributed by atoms with E-state index in [1.807, 2.05) is 4.90 Å². The first-order valence-corrected chi connectivity index (χ1v) is 6.39. The minimum Gasteiger partial charge on any atom is -0.396 e. The van der Waals surface area contributed by atoms with Gasteiger partial charge in [-0.15, -0.1) is 10.2 Å². The van der Waals surface area contributed by atoms with Crippen LogP contribution < -0.4 is 0 Å². The van der Waals surface area contributed by atoms with Crippen LogP contribution in [0.2, 0.25) is 0 Å². The van der Waals surface area contributed by atoms with Gasteiger partial charge in [-0.25, -0.2) is 0 Å². The number of amides is 1. The predicted octanol–water partition coefficient (Wildman–Crippen LogP) is 0.432. The molecule has 17 heavy (non-hydrogen) atoms. The lowest BCUT2D eigenvalue weighted by Crippen LogP contribution is -2.29. The second kappa shape index (κ2) is 4.36. The van der Waals surface area contributed by atoms with Crippen LogP contribution in [-0.2, 0) is 4.79 Å². The molecule has 0 N–H and O–H groups in total. The molecule has 0 bridgehead atoms. The highest BCUT2D eigenvalue weighted by molar-refractivity contribution is 7.99. The lowest BCUT2D eigenvalue weighted by molar-refractivity contribution is -0.127. The van der Waals surface area contributed by atoms with Crippen LogP contribution in [0.5, 0.6) is 0 Å². The summed E-state index contributed by atoms with van der Waals surface area (Å²) in [5, 5.41) is 11.9. The summed E-state index contributed by atoms with van der Waals surface area (Å²) in [5.74, 6) is 0.847. The van der Waals surface area contributed by atoms with Crippen molar-refractivity contribution in [1.29, 1.82) is 0 Å². The Kier molecular flexibility index (Phi) is 2.71. The van der Waals surface area contributed by atoms with Crippen LogP contribution in [0.15, 0.2) is 16.0 Å². The van der Waals surface area contributed by atoms with Gasteiger partial charge < -0.3 is 9.32 Å². The molecule has 0 aromatic carbocycles. The first-order valence-electron chi connectivity index (χ1n) is 5.40. The predicted molar refractivity (Wildman–Crippen MR) is 59.6 cm³/mol. The maximum atomic E-state index is 11.8. The van der Waals surface area contributed by atoms with Crippen LogP contribution in [0.3, 0.4) is 0 Å². The molecule has 0 unspecified atom stereocenters. The molecule has 8 heteroatoms. The van der Waals surface area contributed by atoms with Crippen molar-refractivity contribution in [3.05, 3.63) is 6.33 Å². The second-order valence-corrected chi connectivity index (χ2v) is 4.73. The Labute approximate surface area is 101 Å². The van der Waals surface area contributed by atoms with Crippen molar-refractivity contribution in [3.63, 3.8) is 0 Å². The highest BCUT2D eigenvalue weighted by Gasteiger charge is 2.19. The van der Waals surface area contributed by atoms with Crippen LogP contribution in [0.4, 0.5) is 0 Å². The van der Waals surface area contributed by atoms with Crippen molar-refractivity contribution in [2.24, 2.45) is 0 Å². The van der Waals surface area contributed by atoms with Gasteiger partial charge in [-0.3, -0.25) is 4.79 Å². The Morgan fingerprint density at radius 3 is 3.06 bits per heavy atom. The number of hydrogen-bond donors (Lipinski definition) is 0. The summed E-state index contributed by atoms with van der Waals surface area (Å²) >= 11 is 1.29. The van der Waals surface area contributed by atoms with Crippen molar-refractivity contribution in [3.8, 4) is 0 Å². The van der Waals surface area contributed by atoms with Crippen LogP contribution >= 0.6 is 11.8 Å². The molecule has 7 nitrogen and oxygen atoms in total. The molecule has 2 aromatic rings. The number of aromatic nitrogens is 4. The molecular formula is C9H11N5O2S. The van der Waals surface area contributed by atoms with Gasteiger partial charge in [0.05, 0.1) is 5.75 Å². The van der Waals surface area contributed by atoms with Gasteiger partial charge in [-0.05, 0) is 12.8 Å². The van der Waals surface area contributed by atoms with Gasteiger partial charge in [0.1, 0.15) is 6.33 Å². The fourth-order valence-corrected chi connectivity index (χ4v) is 2.49. The number of hydrogen-bond acceptors (Lipinski definition) is 6. The second-order valence-electron chi connectivity index (χ2n) is 3.80.